The topological polar surface area (TPSA) is 61.8 Å². The summed E-state index contributed by atoms with van der Waals surface area (Å²) < 4.78 is 12.6. The molecule has 0 bridgehead atoms. The Balaban J connectivity index is 2.20. The number of aromatic nitrogens is 2. The van der Waals surface area contributed by atoms with Crippen LogP contribution in [-0.2, 0) is 0 Å². The number of nitrogens with two attached hydrogens (primary N) is 1. The van der Waals surface area contributed by atoms with Crippen molar-refractivity contribution in [2.24, 2.45) is 0 Å². The largest absolute Gasteiger partial charge is 0.497 e. The molecular formula is C15H15N3O2. The number of pyridine rings is 1. The Hall–Kier alpha value is -2.69. The maximum absolute atomic E-state index is 5.79. The zero-order valence-electron chi connectivity index (χ0n) is 11.3. The minimum Gasteiger partial charge on any atom is -0.497 e. The van der Waals surface area contributed by atoms with Gasteiger partial charge in [-0.3, -0.25) is 4.40 Å². The van der Waals surface area contributed by atoms with Gasteiger partial charge in [-0.1, -0.05) is 0 Å². The molecule has 0 radical (unpaired) electrons. The van der Waals surface area contributed by atoms with Crippen molar-refractivity contribution in [1.29, 1.82) is 0 Å². The highest BCUT2D eigenvalue weighted by atomic mass is 16.5. The second kappa shape index (κ2) is 4.77. The fourth-order valence-electron chi connectivity index (χ4n) is 2.21. The van der Waals surface area contributed by atoms with E-state index in [9.17, 15) is 0 Å². The lowest BCUT2D eigenvalue weighted by atomic mass is 10.1. The smallest absolute Gasteiger partial charge is 0.140 e. The SMILES string of the molecule is COc1ccn2c(-c3ccc(N)cc3OC)cnc2c1. The first-order valence-corrected chi connectivity index (χ1v) is 6.18. The van der Waals surface area contributed by atoms with Crippen LogP contribution in [0.15, 0.2) is 42.7 Å². The highest BCUT2D eigenvalue weighted by Crippen LogP contribution is 2.32. The number of rotatable bonds is 3. The van der Waals surface area contributed by atoms with E-state index in [1.165, 1.54) is 0 Å². The van der Waals surface area contributed by atoms with Crippen molar-refractivity contribution in [3.63, 3.8) is 0 Å². The summed E-state index contributed by atoms with van der Waals surface area (Å²) in [4.78, 5) is 4.40. The van der Waals surface area contributed by atoms with Crippen molar-refractivity contribution in [2.75, 3.05) is 20.0 Å². The Bertz CT molecular complexity index is 765. The number of ether oxygens (including phenoxy) is 2. The number of hydrogen-bond acceptors (Lipinski definition) is 4. The average molecular weight is 269 g/mol. The van der Waals surface area contributed by atoms with Crippen LogP contribution in [0.5, 0.6) is 11.5 Å². The standard InChI is InChI=1S/C15H15N3O2/c1-19-11-5-6-18-13(9-17-15(18)8-11)12-4-3-10(16)7-14(12)20-2/h3-9H,16H2,1-2H3. The number of hydrogen-bond donors (Lipinski definition) is 1. The fraction of sp³-hybridized carbons (Fsp3) is 0.133. The maximum atomic E-state index is 5.79. The van der Waals surface area contributed by atoms with E-state index in [1.54, 1.807) is 20.3 Å². The lowest BCUT2D eigenvalue weighted by Crippen LogP contribution is -1.94. The molecule has 102 valence electrons. The van der Waals surface area contributed by atoms with Gasteiger partial charge >= 0.3 is 0 Å². The molecule has 0 amide bonds. The molecule has 1 aromatic carbocycles. The van der Waals surface area contributed by atoms with Crippen LogP contribution >= 0.6 is 0 Å². The predicted molar refractivity (Wildman–Crippen MR) is 78.1 cm³/mol. The first-order chi connectivity index (χ1) is 9.72. The van der Waals surface area contributed by atoms with Crippen LogP contribution < -0.4 is 15.2 Å². The van der Waals surface area contributed by atoms with Gasteiger partial charge in [0.1, 0.15) is 17.1 Å². The van der Waals surface area contributed by atoms with Gasteiger partial charge in [-0.25, -0.2) is 4.98 Å². The van der Waals surface area contributed by atoms with Gasteiger partial charge in [0, 0.05) is 29.6 Å². The normalized spacial score (nSPS) is 10.7. The molecular weight excluding hydrogens is 254 g/mol. The molecule has 5 nitrogen and oxygen atoms in total. The van der Waals surface area contributed by atoms with Crippen LogP contribution in [-0.4, -0.2) is 23.6 Å². The number of nitrogen functional groups attached to an aromatic ring is 1. The summed E-state index contributed by atoms with van der Waals surface area (Å²) in [6.45, 7) is 0. The van der Waals surface area contributed by atoms with Crippen molar-refractivity contribution in [1.82, 2.24) is 9.38 Å². The third-order valence-corrected chi connectivity index (χ3v) is 3.22. The van der Waals surface area contributed by atoms with Crippen molar-refractivity contribution >= 4 is 11.3 Å². The summed E-state index contributed by atoms with van der Waals surface area (Å²) in [7, 11) is 3.27. The second-order valence-electron chi connectivity index (χ2n) is 4.40. The number of nitrogens with zero attached hydrogens (tertiary/aromatic N) is 2. The molecule has 3 rings (SSSR count). The van der Waals surface area contributed by atoms with Crippen LogP contribution in [0.4, 0.5) is 5.69 Å². The zero-order valence-corrected chi connectivity index (χ0v) is 11.3. The Labute approximate surface area is 116 Å². The Morgan fingerprint density at radius 2 is 1.95 bits per heavy atom. The van der Waals surface area contributed by atoms with Crippen molar-refractivity contribution in [3.8, 4) is 22.8 Å². The third-order valence-electron chi connectivity index (χ3n) is 3.22. The van der Waals surface area contributed by atoms with Gasteiger partial charge in [0.25, 0.3) is 0 Å². The molecule has 20 heavy (non-hydrogen) atoms. The van der Waals surface area contributed by atoms with E-state index in [4.69, 9.17) is 15.2 Å². The Kier molecular flexibility index (Phi) is 2.95. The summed E-state index contributed by atoms with van der Waals surface area (Å²) in [5.41, 5.74) is 9.16. The number of anilines is 1. The monoisotopic (exact) mass is 269 g/mol. The lowest BCUT2D eigenvalue weighted by Gasteiger charge is -2.09. The number of benzene rings is 1. The molecule has 2 heterocycles. The van der Waals surface area contributed by atoms with Crippen LogP contribution in [0, 0.1) is 0 Å². The summed E-state index contributed by atoms with van der Waals surface area (Å²) in [6, 6.07) is 9.36. The second-order valence-corrected chi connectivity index (χ2v) is 4.40. The minimum absolute atomic E-state index is 0.668. The molecule has 0 aliphatic rings. The quantitative estimate of drug-likeness (QED) is 0.742. The van der Waals surface area contributed by atoms with Gasteiger partial charge in [0.2, 0.25) is 0 Å². The molecule has 0 unspecified atom stereocenters. The Morgan fingerprint density at radius 1 is 1.10 bits per heavy atom. The summed E-state index contributed by atoms with van der Waals surface area (Å²) in [5.74, 6) is 1.50. The number of methoxy groups -OCH3 is 2. The number of fused-ring (bicyclic) bond motifs is 1. The molecule has 2 N–H and O–H groups in total. The molecule has 0 fully saturated rings. The Morgan fingerprint density at radius 3 is 2.70 bits per heavy atom. The van der Waals surface area contributed by atoms with E-state index >= 15 is 0 Å². The van der Waals surface area contributed by atoms with Gasteiger partial charge in [0.15, 0.2) is 0 Å². The van der Waals surface area contributed by atoms with Crippen LogP contribution in [0.3, 0.4) is 0 Å². The van der Waals surface area contributed by atoms with Gasteiger partial charge < -0.3 is 15.2 Å². The van der Waals surface area contributed by atoms with Crippen LogP contribution in [0.1, 0.15) is 0 Å². The zero-order chi connectivity index (χ0) is 14.1. The van der Waals surface area contributed by atoms with E-state index in [1.807, 2.05) is 41.1 Å². The van der Waals surface area contributed by atoms with Gasteiger partial charge in [-0.2, -0.15) is 0 Å². The first kappa shape index (κ1) is 12.3. The summed E-state index contributed by atoms with van der Waals surface area (Å²) in [6.07, 6.45) is 3.73. The van der Waals surface area contributed by atoms with E-state index in [-0.39, 0.29) is 0 Å². The highest BCUT2D eigenvalue weighted by Gasteiger charge is 2.11. The van der Waals surface area contributed by atoms with Crippen LogP contribution in [0.25, 0.3) is 16.9 Å². The predicted octanol–water partition coefficient (Wildman–Crippen LogP) is 2.60. The maximum Gasteiger partial charge on any atom is 0.140 e. The molecule has 5 heteroatoms. The molecule has 3 aromatic rings. The molecule has 0 atom stereocenters. The van der Waals surface area contributed by atoms with E-state index < -0.39 is 0 Å². The third kappa shape index (κ3) is 1.93. The number of imidazole rings is 1. The summed E-state index contributed by atoms with van der Waals surface area (Å²) >= 11 is 0. The van der Waals surface area contributed by atoms with Gasteiger partial charge in [0.05, 0.1) is 26.1 Å². The molecule has 0 saturated heterocycles. The molecule has 2 aromatic heterocycles. The molecule has 0 spiro atoms. The van der Waals surface area contributed by atoms with Crippen LogP contribution in [0.2, 0.25) is 0 Å². The van der Waals surface area contributed by atoms with Gasteiger partial charge in [-0.15, -0.1) is 0 Å². The average Bonchev–Trinajstić information content (AvgIpc) is 2.89. The first-order valence-electron chi connectivity index (χ1n) is 6.18. The van der Waals surface area contributed by atoms with E-state index in [0.29, 0.717) is 5.69 Å². The molecule has 0 aliphatic carbocycles. The lowest BCUT2D eigenvalue weighted by molar-refractivity contribution is 0.414. The summed E-state index contributed by atoms with van der Waals surface area (Å²) in [5, 5.41) is 0. The van der Waals surface area contributed by atoms with E-state index in [0.717, 1.165) is 28.4 Å². The van der Waals surface area contributed by atoms with Crippen molar-refractivity contribution < 1.29 is 9.47 Å². The van der Waals surface area contributed by atoms with Crippen molar-refractivity contribution in [3.05, 3.63) is 42.7 Å². The van der Waals surface area contributed by atoms with E-state index in [2.05, 4.69) is 4.98 Å². The fourth-order valence-corrected chi connectivity index (χ4v) is 2.21. The highest BCUT2D eigenvalue weighted by molar-refractivity contribution is 5.72. The molecule has 0 aliphatic heterocycles. The van der Waals surface area contributed by atoms with Crippen molar-refractivity contribution in [2.45, 2.75) is 0 Å². The molecule has 0 saturated carbocycles. The minimum atomic E-state index is 0.668. The van der Waals surface area contributed by atoms with Gasteiger partial charge in [-0.05, 0) is 18.2 Å².